The molecule has 0 radical (unpaired) electrons. The Labute approximate surface area is 449 Å². The largest absolute Gasteiger partial charge is 0.460 e. The summed E-state index contributed by atoms with van der Waals surface area (Å²) in [4.78, 5) is 28.6. The second kappa shape index (κ2) is 25.2. The predicted octanol–water partition coefficient (Wildman–Crippen LogP) is 13.1. The molecule has 4 aromatic rings. The van der Waals surface area contributed by atoms with Gasteiger partial charge in [-0.05, 0) is 127 Å². The van der Waals surface area contributed by atoms with E-state index in [2.05, 4.69) is 195 Å². The summed E-state index contributed by atoms with van der Waals surface area (Å²) in [7, 11) is 0. The number of nitrogens with zero attached hydrogens (tertiary/aromatic N) is 4. The summed E-state index contributed by atoms with van der Waals surface area (Å²) in [5.74, 6) is 0.953. The van der Waals surface area contributed by atoms with Crippen molar-refractivity contribution in [2.75, 3.05) is 75.4 Å². The molecule has 0 unspecified atom stereocenters. The van der Waals surface area contributed by atoms with Gasteiger partial charge in [-0.1, -0.05) is 61.7 Å². The van der Waals surface area contributed by atoms with Gasteiger partial charge in [0.15, 0.2) is 0 Å². The van der Waals surface area contributed by atoms with E-state index in [1.165, 1.54) is 33.4 Å². The minimum atomic E-state index is -0.372. The standard InChI is InChI=1S/C66H76N4O6/c1-11-67(49-27-31-55-59(41-49)75-61-43-51(69(13-3)37-39-73-65(71)45(5)6)29-33-57(61)63(55)53-25-19-17-23-47(53)9)35-21-15-16-22-36-68(12-2)50-28-32-56-60(42-50)76-62-44-52(70(14-4)38-40-74-66(72)46(7)8)30-34-58(62)64(56)54-26-20-18-24-48(54)10/h17-20,23-34,41-44H,5,7,11-16,21-22,35-40H2,1-4,6,8-10H3/q+2. The van der Waals surface area contributed by atoms with Crippen molar-refractivity contribution in [2.24, 2.45) is 0 Å². The number of anilines is 2. The highest BCUT2D eigenvalue weighted by atomic mass is 16.5. The Bertz CT molecular complexity index is 3260. The van der Waals surface area contributed by atoms with Crippen LogP contribution in [0.15, 0.2) is 154 Å². The van der Waals surface area contributed by atoms with Crippen molar-refractivity contribution in [2.45, 2.75) is 81.1 Å². The molecule has 2 aliphatic heterocycles. The highest BCUT2D eigenvalue weighted by Crippen LogP contribution is 2.43. The molecule has 0 amide bonds. The maximum Gasteiger partial charge on any atom is 0.333 e. The van der Waals surface area contributed by atoms with Gasteiger partial charge in [-0.25, -0.2) is 18.7 Å². The molecule has 2 heterocycles. The molecule has 0 bridgehead atoms. The predicted molar refractivity (Wildman–Crippen MR) is 313 cm³/mol. The van der Waals surface area contributed by atoms with Crippen LogP contribution < -0.4 is 29.7 Å². The van der Waals surface area contributed by atoms with Crippen molar-refractivity contribution >= 4 is 45.3 Å². The molecule has 0 aromatic heterocycles. The molecule has 8 rings (SSSR count). The van der Waals surface area contributed by atoms with Crippen LogP contribution >= 0.6 is 0 Å². The lowest BCUT2D eigenvalue weighted by atomic mass is 9.91. The number of rotatable bonds is 23. The fourth-order valence-corrected chi connectivity index (χ4v) is 10.4. The first kappa shape index (κ1) is 54.5. The highest BCUT2D eigenvalue weighted by molar-refractivity contribution is 6.04. The molecule has 0 saturated heterocycles. The third-order valence-corrected chi connectivity index (χ3v) is 14.7. The second-order valence-electron chi connectivity index (χ2n) is 19.9. The van der Waals surface area contributed by atoms with Gasteiger partial charge in [0.1, 0.15) is 62.1 Å². The fraction of sp³-hybridized carbons (Fsp3) is 0.333. The number of likely N-dealkylation sites (N-methyl/N-ethyl adjacent to an activating group) is 2. The Morgan fingerprint density at radius 2 is 0.921 bits per heavy atom. The number of hydrogen-bond acceptors (Lipinski definition) is 8. The van der Waals surface area contributed by atoms with Crippen LogP contribution in [0.25, 0.3) is 66.8 Å². The van der Waals surface area contributed by atoms with Crippen LogP contribution in [0.3, 0.4) is 0 Å². The molecular formula is C66H76N4O6+2. The third kappa shape index (κ3) is 12.3. The molecule has 0 atom stereocenters. The maximum absolute atomic E-state index is 12.1. The van der Waals surface area contributed by atoms with Gasteiger partial charge >= 0.3 is 11.9 Å². The Balaban J connectivity index is 1.01. The van der Waals surface area contributed by atoms with Gasteiger partial charge in [0, 0.05) is 106 Å². The van der Waals surface area contributed by atoms with Crippen molar-refractivity contribution in [1.82, 2.24) is 9.15 Å². The number of aryl methyl sites for hydroxylation is 2. The summed E-state index contributed by atoms with van der Waals surface area (Å²) in [6.45, 7) is 30.6. The number of carbonyl (C=O) groups excluding carboxylic acids is 2. The molecule has 76 heavy (non-hydrogen) atoms. The van der Waals surface area contributed by atoms with Gasteiger partial charge < -0.3 is 28.1 Å². The van der Waals surface area contributed by atoms with Gasteiger partial charge in [-0.15, -0.1) is 0 Å². The molecule has 0 fully saturated rings. The fourth-order valence-electron chi connectivity index (χ4n) is 10.4. The molecular weight excluding hydrogens is 945 g/mol. The first-order valence-electron chi connectivity index (χ1n) is 27.3. The number of hydrogen-bond donors (Lipinski definition) is 0. The van der Waals surface area contributed by atoms with E-state index in [9.17, 15) is 9.59 Å². The monoisotopic (exact) mass is 1020 g/mol. The molecule has 4 aliphatic rings. The Kier molecular flexibility index (Phi) is 18.1. The smallest absolute Gasteiger partial charge is 0.333 e. The number of carbonyl (C=O) groups is 2. The van der Waals surface area contributed by atoms with E-state index in [1.807, 2.05) is 0 Å². The number of fused-ring (bicyclic) bond motifs is 4. The van der Waals surface area contributed by atoms with Crippen LogP contribution in [0.4, 0.5) is 11.4 Å². The van der Waals surface area contributed by atoms with E-state index in [0.717, 1.165) is 132 Å². The minimum Gasteiger partial charge on any atom is -0.460 e. The molecule has 4 aromatic carbocycles. The zero-order chi connectivity index (χ0) is 53.9. The van der Waals surface area contributed by atoms with Gasteiger partial charge in [0.2, 0.25) is 10.7 Å². The Morgan fingerprint density at radius 1 is 0.513 bits per heavy atom. The lowest BCUT2D eigenvalue weighted by molar-refractivity contribution is -0.139. The summed E-state index contributed by atoms with van der Waals surface area (Å²) in [5, 5.41) is 4.41. The molecule has 2 aliphatic carbocycles. The molecule has 0 saturated carbocycles. The second-order valence-corrected chi connectivity index (χ2v) is 19.9. The van der Waals surface area contributed by atoms with Crippen LogP contribution in [0.2, 0.25) is 0 Å². The quantitative estimate of drug-likeness (QED) is 0.0206. The van der Waals surface area contributed by atoms with E-state index in [1.54, 1.807) is 13.8 Å². The first-order chi connectivity index (χ1) is 36.8. The van der Waals surface area contributed by atoms with Crippen molar-refractivity contribution in [3.05, 3.63) is 167 Å². The molecule has 10 nitrogen and oxygen atoms in total. The highest BCUT2D eigenvalue weighted by Gasteiger charge is 2.23. The van der Waals surface area contributed by atoms with Crippen molar-refractivity contribution in [1.29, 1.82) is 0 Å². The average Bonchev–Trinajstić information content (AvgIpc) is 3.45. The van der Waals surface area contributed by atoms with Gasteiger partial charge in [0.05, 0.1) is 25.2 Å². The lowest BCUT2D eigenvalue weighted by Crippen LogP contribution is -2.31. The Morgan fingerprint density at radius 3 is 1.29 bits per heavy atom. The third-order valence-electron chi connectivity index (χ3n) is 14.7. The van der Waals surface area contributed by atoms with E-state index in [-0.39, 0.29) is 25.2 Å². The maximum atomic E-state index is 12.1. The van der Waals surface area contributed by atoms with E-state index >= 15 is 0 Å². The lowest BCUT2D eigenvalue weighted by Gasteiger charge is -2.24. The van der Waals surface area contributed by atoms with Crippen molar-refractivity contribution < 1.29 is 27.9 Å². The van der Waals surface area contributed by atoms with Crippen LogP contribution in [0.1, 0.15) is 78.4 Å². The van der Waals surface area contributed by atoms with E-state index in [0.29, 0.717) is 24.2 Å². The number of unbranched alkanes of at least 4 members (excludes halogenated alkanes) is 3. The number of esters is 2. The summed E-state index contributed by atoms with van der Waals surface area (Å²) < 4.78 is 29.6. The van der Waals surface area contributed by atoms with Crippen LogP contribution in [-0.2, 0) is 19.1 Å². The van der Waals surface area contributed by atoms with Gasteiger partial charge in [0.25, 0.3) is 0 Å². The average molecular weight is 1020 g/mol. The minimum absolute atomic E-state index is 0.271. The molecule has 0 N–H and O–H groups in total. The Hall–Kier alpha value is -7.72. The van der Waals surface area contributed by atoms with Crippen LogP contribution in [0.5, 0.6) is 0 Å². The van der Waals surface area contributed by atoms with Crippen molar-refractivity contribution in [3.63, 3.8) is 0 Å². The zero-order valence-corrected chi connectivity index (χ0v) is 46.1. The van der Waals surface area contributed by atoms with E-state index < -0.39 is 0 Å². The summed E-state index contributed by atoms with van der Waals surface area (Å²) >= 11 is 0. The molecule has 10 heteroatoms. The summed E-state index contributed by atoms with van der Waals surface area (Å²) in [5.41, 5.74) is 13.7. The van der Waals surface area contributed by atoms with Crippen LogP contribution in [0, 0.1) is 13.8 Å². The summed E-state index contributed by atoms with van der Waals surface area (Å²) in [6.07, 6.45) is 4.42. The zero-order valence-electron chi connectivity index (χ0n) is 46.1. The molecule has 0 spiro atoms. The normalized spacial score (nSPS) is 12.3. The topological polar surface area (TPSA) is 91.4 Å². The molecule has 394 valence electrons. The SMILES string of the molecule is C=C(C)C(=O)OCCN(CC)c1ccc2c(-c3ccccc3C)c3ccc(=[N+](CC)CCCCCC[N+](CC)=c4ccc5c(-c6ccccc6C)c6ccc(N(CC)CCOC(=O)C(=C)C)cc6oc-5c4)cc-3oc2c1. The van der Waals surface area contributed by atoms with Crippen LogP contribution in [-0.4, -0.2) is 77.5 Å². The summed E-state index contributed by atoms with van der Waals surface area (Å²) in [6, 6.07) is 43.4. The van der Waals surface area contributed by atoms with Crippen molar-refractivity contribution in [3.8, 4) is 44.9 Å². The van der Waals surface area contributed by atoms with Gasteiger partial charge in [-0.2, -0.15) is 0 Å². The van der Waals surface area contributed by atoms with Gasteiger partial charge in [-0.3, -0.25) is 0 Å². The number of benzene rings is 6. The number of ether oxygens (including phenoxy) is 2. The first-order valence-corrected chi connectivity index (χ1v) is 27.3. The van der Waals surface area contributed by atoms with E-state index in [4.69, 9.17) is 18.3 Å².